The van der Waals surface area contributed by atoms with E-state index in [1.54, 1.807) is 0 Å². The molecule has 128 valence electrons. The van der Waals surface area contributed by atoms with Gasteiger partial charge in [0.05, 0.1) is 18.6 Å². The molecule has 1 unspecified atom stereocenters. The van der Waals surface area contributed by atoms with Gasteiger partial charge < -0.3 is 15.2 Å². The lowest BCUT2D eigenvalue weighted by atomic mass is 10.2. The fourth-order valence-electron chi connectivity index (χ4n) is 2.56. The molecule has 1 aromatic rings. The number of ether oxygens (including phenoxy) is 1. The number of hydrogen-bond donors (Lipinski definition) is 3. The maximum absolute atomic E-state index is 12.3. The van der Waals surface area contributed by atoms with Crippen molar-refractivity contribution in [2.45, 2.75) is 42.7 Å². The lowest BCUT2D eigenvalue weighted by molar-refractivity contribution is -0.124. The van der Waals surface area contributed by atoms with Crippen LogP contribution in [0.2, 0.25) is 0 Å². The first-order valence-electron chi connectivity index (χ1n) is 7.54. The minimum Gasteiger partial charge on any atom is -0.497 e. The summed E-state index contributed by atoms with van der Waals surface area (Å²) in [6, 6.07) is 4.64. The molecule has 0 radical (unpaired) electrons. The van der Waals surface area contributed by atoms with Crippen LogP contribution >= 0.6 is 0 Å². The van der Waals surface area contributed by atoms with E-state index in [2.05, 4.69) is 10.0 Å². The van der Waals surface area contributed by atoms with Crippen molar-refractivity contribution in [3.05, 3.63) is 24.3 Å². The molecule has 1 saturated carbocycles. The topological polar surface area (TPSA) is 105 Å². The van der Waals surface area contributed by atoms with Gasteiger partial charge in [-0.1, -0.05) is 12.8 Å². The van der Waals surface area contributed by atoms with E-state index in [9.17, 15) is 18.3 Å². The third-order valence-electron chi connectivity index (χ3n) is 3.87. The zero-order chi connectivity index (χ0) is 16.9. The zero-order valence-electron chi connectivity index (χ0n) is 13.0. The van der Waals surface area contributed by atoms with Crippen LogP contribution in [0, 0.1) is 0 Å². The highest BCUT2D eigenvalue weighted by molar-refractivity contribution is 7.89. The average Bonchev–Trinajstić information content (AvgIpc) is 3.05. The van der Waals surface area contributed by atoms with Crippen LogP contribution in [-0.2, 0) is 14.8 Å². The largest absolute Gasteiger partial charge is 0.497 e. The van der Waals surface area contributed by atoms with E-state index < -0.39 is 28.6 Å². The van der Waals surface area contributed by atoms with Gasteiger partial charge in [-0.25, -0.2) is 8.42 Å². The lowest BCUT2D eigenvalue weighted by Gasteiger charge is -2.19. The van der Waals surface area contributed by atoms with Gasteiger partial charge in [-0.15, -0.1) is 0 Å². The van der Waals surface area contributed by atoms with E-state index >= 15 is 0 Å². The summed E-state index contributed by atoms with van der Waals surface area (Å²) < 4.78 is 31.8. The third-order valence-corrected chi connectivity index (χ3v) is 5.36. The zero-order valence-corrected chi connectivity index (χ0v) is 13.8. The summed E-state index contributed by atoms with van der Waals surface area (Å²) in [7, 11) is -2.42. The molecule has 0 spiro atoms. The van der Waals surface area contributed by atoms with Crippen molar-refractivity contribution in [2.24, 2.45) is 0 Å². The summed E-state index contributed by atoms with van der Waals surface area (Å²) >= 11 is 0. The first kappa shape index (κ1) is 17.7. The molecular weight excluding hydrogens is 320 g/mol. The van der Waals surface area contributed by atoms with Gasteiger partial charge >= 0.3 is 0 Å². The molecule has 1 fully saturated rings. The first-order chi connectivity index (χ1) is 11.0. The van der Waals surface area contributed by atoms with E-state index in [1.165, 1.54) is 31.4 Å². The predicted molar refractivity (Wildman–Crippen MR) is 84.6 cm³/mol. The molecule has 1 aliphatic carbocycles. The molecule has 23 heavy (non-hydrogen) atoms. The quantitative estimate of drug-likeness (QED) is 0.665. The van der Waals surface area contributed by atoms with Crippen molar-refractivity contribution in [1.29, 1.82) is 0 Å². The summed E-state index contributed by atoms with van der Waals surface area (Å²) in [5.74, 6) is 0.0260. The number of aliphatic hydroxyl groups is 1. The summed E-state index contributed by atoms with van der Waals surface area (Å²) in [5, 5.41) is 12.1. The number of methoxy groups -OCH3 is 1. The van der Waals surface area contributed by atoms with Crippen molar-refractivity contribution in [3.8, 4) is 5.75 Å². The Bertz CT molecular complexity index is 624. The van der Waals surface area contributed by atoms with Crippen molar-refractivity contribution < 1.29 is 23.1 Å². The lowest BCUT2D eigenvalue weighted by Crippen LogP contribution is -2.50. The van der Waals surface area contributed by atoms with Gasteiger partial charge in [-0.2, -0.15) is 4.72 Å². The summed E-state index contributed by atoms with van der Waals surface area (Å²) in [6.45, 7) is -0.603. The fourth-order valence-corrected chi connectivity index (χ4v) is 3.74. The van der Waals surface area contributed by atoms with Gasteiger partial charge in [0.1, 0.15) is 11.8 Å². The van der Waals surface area contributed by atoms with E-state index in [0.29, 0.717) is 5.75 Å². The van der Waals surface area contributed by atoms with Gasteiger partial charge in [0, 0.05) is 6.04 Å². The number of carbonyl (C=O) groups is 1. The van der Waals surface area contributed by atoms with Crippen LogP contribution in [0.5, 0.6) is 5.75 Å². The molecule has 1 aromatic carbocycles. The summed E-state index contributed by atoms with van der Waals surface area (Å²) in [6.07, 6.45) is 3.86. The molecule has 1 aliphatic rings. The van der Waals surface area contributed by atoms with E-state index in [0.717, 1.165) is 25.7 Å². The Morgan fingerprint density at radius 1 is 1.30 bits per heavy atom. The van der Waals surface area contributed by atoms with Crippen LogP contribution in [0.15, 0.2) is 29.2 Å². The van der Waals surface area contributed by atoms with Crippen LogP contribution < -0.4 is 14.8 Å². The van der Waals surface area contributed by atoms with E-state index in [4.69, 9.17) is 4.74 Å². The number of rotatable bonds is 7. The minimum atomic E-state index is -3.90. The van der Waals surface area contributed by atoms with E-state index in [1.807, 2.05) is 0 Å². The molecule has 1 amide bonds. The molecule has 0 aromatic heterocycles. The first-order valence-corrected chi connectivity index (χ1v) is 9.02. The molecule has 0 saturated heterocycles. The Morgan fingerprint density at radius 2 is 1.91 bits per heavy atom. The Morgan fingerprint density at radius 3 is 2.43 bits per heavy atom. The van der Waals surface area contributed by atoms with Crippen LogP contribution in [0.3, 0.4) is 0 Å². The molecule has 1 atom stereocenters. The molecular formula is C15H22N2O5S. The van der Waals surface area contributed by atoms with Crippen molar-refractivity contribution >= 4 is 15.9 Å². The average molecular weight is 342 g/mol. The third kappa shape index (κ3) is 4.66. The number of nitrogens with one attached hydrogen (secondary N) is 2. The van der Waals surface area contributed by atoms with Crippen molar-refractivity contribution in [3.63, 3.8) is 0 Å². The Hall–Kier alpha value is -1.64. The monoisotopic (exact) mass is 342 g/mol. The number of hydrogen-bond acceptors (Lipinski definition) is 5. The van der Waals surface area contributed by atoms with Gasteiger partial charge in [0.2, 0.25) is 15.9 Å². The standard InChI is InChI=1S/C15H22N2O5S/c1-22-12-6-8-13(9-7-12)23(20,21)17-14(10-18)15(19)16-11-4-2-3-5-11/h6-9,11,14,17-18H,2-5,10H2,1H3,(H,16,19). The van der Waals surface area contributed by atoms with Crippen molar-refractivity contribution in [2.75, 3.05) is 13.7 Å². The molecule has 3 N–H and O–H groups in total. The molecule has 7 nitrogen and oxygen atoms in total. The predicted octanol–water partition coefficient (Wildman–Crippen LogP) is 0.393. The van der Waals surface area contributed by atoms with Crippen LogP contribution in [0.4, 0.5) is 0 Å². The van der Waals surface area contributed by atoms with E-state index in [-0.39, 0.29) is 10.9 Å². The molecule has 2 rings (SSSR count). The number of aliphatic hydroxyl groups excluding tert-OH is 1. The van der Waals surface area contributed by atoms with Gasteiger partial charge in [0.25, 0.3) is 0 Å². The van der Waals surface area contributed by atoms with Gasteiger partial charge in [-0.05, 0) is 37.1 Å². The number of amides is 1. The maximum atomic E-state index is 12.3. The van der Waals surface area contributed by atoms with Crippen LogP contribution in [0.25, 0.3) is 0 Å². The fraction of sp³-hybridized carbons (Fsp3) is 0.533. The summed E-state index contributed by atoms with van der Waals surface area (Å²) in [4.78, 5) is 12.1. The molecule has 8 heteroatoms. The van der Waals surface area contributed by atoms with Crippen LogP contribution in [0.1, 0.15) is 25.7 Å². The Balaban J connectivity index is 2.04. The minimum absolute atomic E-state index is 0.00502. The van der Waals surface area contributed by atoms with Gasteiger partial charge in [-0.3, -0.25) is 4.79 Å². The maximum Gasteiger partial charge on any atom is 0.241 e. The van der Waals surface area contributed by atoms with Crippen molar-refractivity contribution in [1.82, 2.24) is 10.0 Å². The highest BCUT2D eigenvalue weighted by Gasteiger charge is 2.27. The molecule has 0 aliphatic heterocycles. The SMILES string of the molecule is COc1ccc(S(=O)(=O)NC(CO)C(=O)NC2CCCC2)cc1. The molecule has 0 bridgehead atoms. The number of sulfonamides is 1. The normalized spacial score (nSPS) is 17.0. The second-order valence-electron chi connectivity index (χ2n) is 5.52. The number of benzene rings is 1. The summed E-state index contributed by atoms with van der Waals surface area (Å²) in [5.41, 5.74) is 0. The molecule has 0 heterocycles. The number of carbonyl (C=O) groups excluding carboxylic acids is 1. The van der Waals surface area contributed by atoms with Crippen LogP contribution in [-0.4, -0.2) is 45.2 Å². The highest BCUT2D eigenvalue weighted by atomic mass is 32.2. The smallest absolute Gasteiger partial charge is 0.241 e. The highest BCUT2D eigenvalue weighted by Crippen LogP contribution is 2.18. The second kappa shape index (κ2) is 7.76. The van der Waals surface area contributed by atoms with Gasteiger partial charge in [0.15, 0.2) is 0 Å². The second-order valence-corrected chi connectivity index (χ2v) is 7.24. The Labute approximate surface area is 136 Å². The Kier molecular flexibility index (Phi) is 5.97.